The topological polar surface area (TPSA) is 45.2 Å². The van der Waals surface area contributed by atoms with Crippen LogP contribution in [0.1, 0.15) is 16.8 Å². The third kappa shape index (κ3) is 3.29. The predicted octanol–water partition coefficient (Wildman–Crippen LogP) is 2.39. The van der Waals surface area contributed by atoms with Crippen LogP contribution in [0.2, 0.25) is 0 Å². The molecule has 0 fully saturated rings. The Morgan fingerprint density at radius 2 is 2.06 bits per heavy atom. The minimum atomic E-state index is 0.304. The minimum Gasteiger partial charge on any atom is -0.508 e. The maximum absolute atomic E-state index is 9.33. The zero-order valence-corrected chi connectivity index (χ0v) is 9.85. The molecule has 0 bridgehead atoms. The quantitative estimate of drug-likeness (QED) is 0.844. The second-order valence-corrected chi connectivity index (χ2v) is 4.04. The Morgan fingerprint density at radius 1 is 1.18 bits per heavy atom. The first kappa shape index (κ1) is 11.6. The van der Waals surface area contributed by atoms with Crippen molar-refractivity contribution in [1.82, 2.24) is 10.3 Å². The van der Waals surface area contributed by atoms with E-state index < -0.39 is 0 Å². The van der Waals surface area contributed by atoms with Crippen LogP contribution in [-0.2, 0) is 13.1 Å². The number of hydrogen-bond acceptors (Lipinski definition) is 3. The number of phenols is 1. The van der Waals surface area contributed by atoms with Gasteiger partial charge < -0.3 is 10.4 Å². The number of rotatable bonds is 4. The number of nitrogens with zero attached hydrogens (tertiary/aromatic N) is 1. The van der Waals surface area contributed by atoms with E-state index in [2.05, 4.69) is 23.3 Å². The standard InChI is InChI=1S/C14H16N2O/c1-11-4-3-7-16-14(11)10-15-9-12-5-2-6-13(17)8-12/h2-8,15,17H,9-10H2,1H3. The minimum absolute atomic E-state index is 0.304. The maximum Gasteiger partial charge on any atom is 0.115 e. The van der Waals surface area contributed by atoms with E-state index in [1.807, 2.05) is 18.2 Å². The molecule has 0 radical (unpaired) electrons. The average molecular weight is 228 g/mol. The highest BCUT2D eigenvalue weighted by Crippen LogP contribution is 2.10. The van der Waals surface area contributed by atoms with E-state index >= 15 is 0 Å². The van der Waals surface area contributed by atoms with Crippen molar-refractivity contribution < 1.29 is 5.11 Å². The molecule has 0 saturated carbocycles. The summed E-state index contributed by atoms with van der Waals surface area (Å²) in [6.45, 7) is 3.52. The number of benzene rings is 1. The molecule has 0 saturated heterocycles. The molecular weight excluding hydrogens is 212 g/mol. The highest BCUT2D eigenvalue weighted by Gasteiger charge is 1.99. The lowest BCUT2D eigenvalue weighted by molar-refractivity contribution is 0.474. The molecular formula is C14H16N2O. The maximum atomic E-state index is 9.33. The monoisotopic (exact) mass is 228 g/mol. The molecule has 3 nitrogen and oxygen atoms in total. The van der Waals surface area contributed by atoms with Gasteiger partial charge in [-0.25, -0.2) is 0 Å². The highest BCUT2D eigenvalue weighted by molar-refractivity contribution is 5.27. The molecule has 0 aliphatic carbocycles. The summed E-state index contributed by atoms with van der Waals surface area (Å²) in [6, 6.07) is 11.3. The Hall–Kier alpha value is -1.87. The first-order chi connectivity index (χ1) is 8.25. The SMILES string of the molecule is Cc1cccnc1CNCc1cccc(O)c1. The molecule has 0 unspecified atom stereocenters. The van der Waals surface area contributed by atoms with Gasteiger partial charge in [-0.2, -0.15) is 0 Å². The summed E-state index contributed by atoms with van der Waals surface area (Å²) in [5.74, 6) is 0.304. The Morgan fingerprint density at radius 3 is 2.82 bits per heavy atom. The van der Waals surface area contributed by atoms with Crippen molar-refractivity contribution in [2.24, 2.45) is 0 Å². The van der Waals surface area contributed by atoms with Crippen LogP contribution in [-0.4, -0.2) is 10.1 Å². The molecule has 0 spiro atoms. The van der Waals surface area contributed by atoms with Crippen molar-refractivity contribution in [2.45, 2.75) is 20.0 Å². The van der Waals surface area contributed by atoms with Gasteiger partial charge in [0.15, 0.2) is 0 Å². The van der Waals surface area contributed by atoms with Gasteiger partial charge in [-0.15, -0.1) is 0 Å². The van der Waals surface area contributed by atoms with Gasteiger partial charge >= 0.3 is 0 Å². The molecule has 0 aliphatic heterocycles. The average Bonchev–Trinajstić information content (AvgIpc) is 2.32. The smallest absolute Gasteiger partial charge is 0.115 e. The van der Waals surface area contributed by atoms with Gasteiger partial charge in [0.1, 0.15) is 5.75 Å². The Balaban J connectivity index is 1.90. The van der Waals surface area contributed by atoms with Crippen LogP contribution in [0.3, 0.4) is 0 Å². The summed E-state index contributed by atoms with van der Waals surface area (Å²) in [6.07, 6.45) is 1.80. The third-order valence-corrected chi connectivity index (χ3v) is 2.65. The van der Waals surface area contributed by atoms with E-state index in [0.29, 0.717) is 5.75 Å². The van der Waals surface area contributed by atoms with Gasteiger partial charge in [0, 0.05) is 19.3 Å². The number of phenolic OH excluding ortho intramolecular Hbond substituents is 1. The van der Waals surface area contributed by atoms with Crippen LogP contribution in [0, 0.1) is 6.92 Å². The fourth-order valence-electron chi connectivity index (χ4n) is 1.70. The molecule has 1 aromatic heterocycles. The molecule has 88 valence electrons. The van der Waals surface area contributed by atoms with Crippen LogP contribution in [0.25, 0.3) is 0 Å². The van der Waals surface area contributed by atoms with Crippen molar-refractivity contribution >= 4 is 0 Å². The van der Waals surface area contributed by atoms with Gasteiger partial charge in [-0.3, -0.25) is 4.98 Å². The lowest BCUT2D eigenvalue weighted by Crippen LogP contribution is -2.14. The lowest BCUT2D eigenvalue weighted by Gasteiger charge is -2.07. The Kier molecular flexibility index (Phi) is 3.73. The van der Waals surface area contributed by atoms with E-state index in [9.17, 15) is 5.11 Å². The van der Waals surface area contributed by atoms with E-state index in [1.54, 1.807) is 18.3 Å². The third-order valence-electron chi connectivity index (χ3n) is 2.65. The van der Waals surface area contributed by atoms with Crippen LogP contribution in [0.5, 0.6) is 5.75 Å². The number of aryl methyl sites for hydroxylation is 1. The van der Waals surface area contributed by atoms with Gasteiger partial charge in [0.05, 0.1) is 5.69 Å². The normalized spacial score (nSPS) is 10.4. The molecule has 1 heterocycles. The summed E-state index contributed by atoms with van der Waals surface area (Å²) in [4.78, 5) is 4.32. The number of hydrogen-bond donors (Lipinski definition) is 2. The summed E-state index contributed by atoms with van der Waals surface area (Å²) < 4.78 is 0. The van der Waals surface area contributed by atoms with Crippen molar-refractivity contribution in [2.75, 3.05) is 0 Å². The van der Waals surface area contributed by atoms with Gasteiger partial charge in [-0.05, 0) is 36.2 Å². The molecule has 0 atom stereocenters. The van der Waals surface area contributed by atoms with E-state index in [0.717, 1.165) is 24.3 Å². The second kappa shape index (κ2) is 5.46. The molecule has 2 N–H and O–H groups in total. The predicted molar refractivity (Wildman–Crippen MR) is 67.6 cm³/mol. The zero-order valence-electron chi connectivity index (χ0n) is 9.85. The second-order valence-electron chi connectivity index (χ2n) is 4.04. The van der Waals surface area contributed by atoms with Gasteiger partial charge in [0.25, 0.3) is 0 Å². The summed E-state index contributed by atoms with van der Waals surface area (Å²) in [7, 11) is 0. The summed E-state index contributed by atoms with van der Waals surface area (Å²) >= 11 is 0. The fourth-order valence-corrected chi connectivity index (χ4v) is 1.70. The Labute approximate surface area is 101 Å². The fraction of sp³-hybridized carbons (Fsp3) is 0.214. The highest BCUT2D eigenvalue weighted by atomic mass is 16.3. The molecule has 1 aromatic carbocycles. The summed E-state index contributed by atoms with van der Waals surface area (Å²) in [5, 5.41) is 12.6. The van der Waals surface area contributed by atoms with Crippen molar-refractivity contribution in [3.8, 4) is 5.75 Å². The number of nitrogens with one attached hydrogen (secondary N) is 1. The Bertz CT molecular complexity index is 497. The van der Waals surface area contributed by atoms with E-state index in [-0.39, 0.29) is 0 Å². The first-order valence-corrected chi connectivity index (χ1v) is 5.65. The number of aromatic nitrogens is 1. The van der Waals surface area contributed by atoms with Crippen LogP contribution in [0.15, 0.2) is 42.6 Å². The molecule has 3 heteroatoms. The van der Waals surface area contributed by atoms with E-state index in [1.165, 1.54) is 5.56 Å². The number of aromatic hydroxyl groups is 1. The zero-order chi connectivity index (χ0) is 12.1. The molecule has 17 heavy (non-hydrogen) atoms. The van der Waals surface area contributed by atoms with E-state index in [4.69, 9.17) is 0 Å². The molecule has 0 aliphatic rings. The van der Waals surface area contributed by atoms with Crippen LogP contribution >= 0.6 is 0 Å². The summed E-state index contributed by atoms with van der Waals surface area (Å²) in [5.41, 5.74) is 3.32. The van der Waals surface area contributed by atoms with Gasteiger partial charge in [0.2, 0.25) is 0 Å². The molecule has 2 aromatic rings. The van der Waals surface area contributed by atoms with Crippen molar-refractivity contribution in [3.63, 3.8) is 0 Å². The van der Waals surface area contributed by atoms with Crippen molar-refractivity contribution in [1.29, 1.82) is 0 Å². The molecule has 2 rings (SSSR count). The number of pyridine rings is 1. The largest absolute Gasteiger partial charge is 0.508 e. The molecule has 0 amide bonds. The van der Waals surface area contributed by atoms with Gasteiger partial charge in [-0.1, -0.05) is 18.2 Å². The van der Waals surface area contributed by atoms with Crippen molar-refractivity contribution in [3.05, 3.63) is 59.4 Å². The van der Waals surface area contributed by atoms with Crippen LogP contribution in [0.4, 0.5) is 0 Å². The first-order valence-electron chi connectivity index (χ1n) is 5.65. The van der Waals surface area contributed by atoms with Crippen LogP contribution < -0.4 is 5.32 Å². The lowest BCUT2D eigenvalue weighted by atomic mass is 10.2.